The van der Waals surface area contributed by atoms with Gasteiger partial charge >= 0.3 is 0 Å². The molecule has 0 unspecified atom stereocenters. The van der Waals surface area contributed by atoms with Gasteiger partial charge in [0.2, 0.25) is 5.91 Å². The summed E-state index contributed by atoms with van der Waals surface area (Å²) in [6.45, 7) is 4.25. The fourth-order valence-corrected chi connectivity index (χ4v) is 2.13. The second-order valence-corrected chi connectivity index (χ2v) is 5.00. The number of rotatable bonds is 6. The van der Waals surface area contributed by atoms with Crippen LogP contribution in [0.25, 0.3) is 11.4 Å². The number of carbonyl (C=O) groups is 1. The minimum atomic E-state index is -0.143. The third-order valence-corrected chi connectivity index (χ3v) is 3.33. The van der Waals surface area contributed by atoms with Gasteiger partial charge in [0.05, 0.1) is 12.6 Å². The number of hydrogen-bond donors (Lipinski definition) is 1. The largest absolute Gasteiger partial charge is 0.384 e. The minimum Gasteiger partial charge on any atom is -0.384 e. The Balaban J connectivity index is 2.11. The van der Waals surface area contributed by atoms with Gasteiger partial charge in [-0.25, -0.2) is 9.97 Å². The van der Waals surface area contributed by atoms with Crippen molar-refractivity contribution in [2.75, 3.05) is 13.7 Å². The first-order chi connectivity index (χ1) is 10.6. The van der Waals surface area contributed by atoms with Crippen molar-refractivity contribution in [1.82, 2.24) is 20.3 Å². The zero-order valence-corrected chi connectivity index (χ0v) is 13.0. The van der Waals surface area contributed by atoms with Crippen molar-refractivity contribution in [3.63, 3.8) is 0 Å². The van der Waals surface area contributed by atoms with E-state index in [-0.39, 0.29) is 11.9 Å². The molecule has 6 heteroatoms. The molecule has 22 heavy (non-hydrogen) atoms. The summed E-state index contributed by atoms with van der Waals surface area (Å²) in [6, 6.07) is 3.59. The van der Waals surface area contributed by atoms with E-state index in [2.05, 4.69) is 20.3 Å². The van der Waals surface area contributed by atoms with E-state index >= 15 is 0 Å². The van der Waals surface area contributed by atoms with E-state index in [1.165, 1.54) is 0 Å². The van der Waals surface area contributed by atoms with Crippen LogP contribution in [-0.2, 0) is 9.53 Å². The summed E-state index contributed by atoms with van der Waals surface area (Å²) in [5.74, 6) is 0.605. The molecular formula is C16H20N4O2. The first-order valence-corrected chi connectivity index (χ1v) is 7.14. The number of ether oxygens (including phenoxy) is 1. The van der Waals surface area contributed by atoms with Gasteiger partial charge in [0.1, 0.15) is 0 Å². The van der Waals surface area contributed by atoms with Gasteiger partial charge in [0, 0.05) is 48.9 Å². The van der Waals surface area contributed by atoms with Gasteiger partial charge in [-0.1, -0.05) is 0 Å². The van der Waals surface area contributed by atoms with Gasteiger partial charge in [-0.05, 0) is 26.0 Å². The number of aromatic nitrogens is 3. The predicted molar refractivity (Wildman–Crippen MR) is 83.1 cm³/mol. The number of hydrogen-bond acceptors (Lipinski definition) is 5. The Labute approximate surface area is 130 Å². The number of pyridine rings is 1. The zero-order chi connectivity index (χ0) is 15.9. The van der Waals surface area contributed by atoms with Crippen LogP contribution in [0.1, 0.15) is 30.6 Å². The van der Waals surface area contributed by atoms with E-state index in [0.29, 0.717) is 18.9 Å². The average molecular weight is 300 g/mol. The highest BCUT2D eigenvalue weighted by molar-refractivity contribution is 5.76. The molecule has 0 aliphatic heterocycles. The normalized spacial score (nSPS) is 12.0. The maximum atomic E-state index is 11.7. The predicted octanol–water partition coefficient (Wildman–Crippen LogP) is 2.06. The fourth-order valence-electron chi connectivity index (χ4n) is 2.13. The second-order valence-electron chi connectivity index (χ2n) is 5.00. The molecule has 0 saturated carbocycles. The Morgan fingerprint density at radius 2 is 2.09 bits per heavy atom. The van der Waals surface area contributed by atoms with Crippen LogP contribution < -0.4 is 5.32 Å². The Bertz CT molecular complexity index is 631. The molecule has 2 aromatic heterocycles. The topological polar surface area (TPSA) is 77.0 Å². The number of amides is 1. The molecule has 2 rings (SSSR count). The molecule has 116 valence electrons. The number of aryl methyl sites for hydroxylation is 1. The van der Waals surface area contributed by atoms with Crippen molar-refractivity contribution in [2.24, 2.45) is 0 Å². The van der Waals surface area contributed by atoms with Crippen molar-refractivity contribution >= 4 is 5.91 Å². The van der Waals surface area contributed by atoms with Crippen LogP contribution in [0, 0.1) is 6.92 Å². The Kier molecular flexibility index (Phi) is 5.55. The van der Waals surface area contributed by atoms with Gasteiger partial charge < -0.3 is 10.1 Å². The van der Waals surface area contributed by atoms with Crippen LogP contribution in [0.5, 0.6) is 0 Å². The molecule has 0 radical (unpaired) electrons. The lowest BCUT2D eigenvalue weighted by Gasteiger charge is -2.16. The summed E-state index contributed by atoms with van der Waals surface area (Å²) in [4.78, 5) is 24.6. The number of nitrogens with one attached hydrogen (secondary N) is 1. The molecule has 1 N–H and O–H groups in total. The zero-order valence-electron chi connectivity index (χ0n) is 13.0. The quantitative estimate of drug-likeness (QED) is 0.883. The molecule has 0 fully saturated rings. The Hall–Kier alpha value is -2.34. The molecule has 6 nitrogen and oxygen atoms in total. The van der Waals surface area contributed by atoms with Gasteiger partial charge in [0.25, 0.3) is 0 Å². The van der Waals surface area contributed by atoms with Crippen molar-refractivity contribution in [3.8, 4) is 11.4 Å². The number of nitrogens with zero attached hydrogens (tertiary/aromatic N) is 3. The highest BCUT2D eigenvalue weighted by atomic mass is 16.5. The monoisotopic (exact) mass is 300 g/mol. The molecule has 0 aliphatic carbocycles. The van der Waals surface area contributed by atoms with E-state index in [1.54, 1.807) is 25.7 Å². The van der Waals surface area contributed by atoms with Crippen molar-refractivity contribution in [3.05, 3.63) is 42.0 Å². The van der Waals surface area contributed by atoms with E-state index in [1.807, 2.05) is 26.0 Å². The van der Waals surface area contributed by atoms with Gasteiger partial charge in [-0.15, -0.1) is 0 Å². The lowest BCUT2D eigenvalue weighted by atomic mass is 10.1. The maximum Gasteiger partial charge on any atom is 0.222 e. The van der Waals surface area contributed by atoms with Crippen LogP contribution in [0.3, 0.4) is 0 Å². The van der Waals surface area contributed by atoms with E-state index in [4.69, 9.17) is 4.74 Å². The van der Waals surface area contributed by atoms with E-state index in [0.717, 1.165) is 16.8 Å². The van der Waals surface area contributed by atoms with Gasteiger partial charge in [-0.2, -0.15) is 0 Å². The van der Waals surface area contributed by atoms with Crippen LogP contribution in [0.2, 0.25) is 0 Å². The SMILES string of the molecule is COCCC(=O)N[C@H](C)c1cnc(-c2ccncc2)nc1C. The third-order valence-electron chi connectivity index (χ3n) is 3.33. The first kappa shape index (κ1) is 16.0. The van der Waals surface area contributed by atoms with E-state index in [9.17, 15) is 4.79 Å². The second kappa shape index (κ2) is 7.61. The van der Waals surface area contributed by atoms with Crippen LogP contribution in [-0.4, -0.2) is 34.6 Å². The molecule has 0 bridgehead atoms. The Morgan fingerprint density at radius 3 is 2.73 bits per heavy atom. The summed E-state index contributed by atoms with van der Waals surface area (Å²) < 4.78 is 4.90. The van der Waals surface area contributed by atoms with Gasteiger partial charge in [0.15, 0.2) is 5.82 Å². The standard InChI is InChI=1S/C16H20N4O2/c1-11(19-15(21)6-9-22-3)14-10-18-16(20-12(14)2)13-4-7-17-8-5-13/h4-5,7-8,10-11H,6,9H2,1-3H3,(H,19,21)/t11-/m1/s1. The summed E-state index contributed by atoms with van der Waals surface area (Å²) in [5, 5.41) is 2.92. The number of carbonyl (C=O) groups excluding carboxylic acids is 1. The van der Waals surface area contributed by atoms with Gasteiger partial charge in [-0.3, -0.25) is 9.78 Å². The average Bonchev–Trinajstić information content (AvgIpc) is 2.53. The van der Waals surface area contributed by atoms with E-state index < -0.39 is 0 Å². The van der Waals surface area contributed by atoms with Crippen molar-refractivity contribution in [2.45, 2.75) is 26.3 Å². The Morgan fingerprint density at radius 1 is 1.36 bits per heavy atom. The summed E-state index contributed by atoms with van der Waals surface area (Å²) in [6.07, 6.45) is 5.52. The molecule has 2 heterocycles. The lowest BCUT2D eigenvalue weighted by Crippen LogP contribution is -2.28. The highest BCUT2D eigenvalue weighted by Gasteiger charge is 2.14. The smallest absolute Gasteiger partial charge is 0.222 e. The molecule has 0 saturated heterocycles. The summed E-state index contributed by atoms with van der Waals surface area (Å²) >= 11 is 0. The minimum absolute atomic E-state index is 0.0491. The molecular weight excluding hydrogens is 280 g/mol. The molecule has 0 aromatic carbocycles. The highest BCUT2D eigenvalue weighted by Crippen LogP contribution is 2.19. The summed E-state index contributed by atoms with van der Waals surface area (Å²) in [7, 11) is 1.58. The molecule has 1 atom stereocenters. The molecule has 0 spiro atoms. The molecule has 2 aromatic rings. The first-order valence-electron chi connectivity index (χ1n) is 7.14. The maximum absolute atomic E-state index is 11.7. The lowest BCUT2D eigenvalue weighted by molar-refractivity contribution is -0.122. The van der Waals surface area contributed by atoms with Crippen LogP contribution in [0.4, 0.5) is 0 Å². The third kappa shape index (κ3) is 4.08. The fraction of sp³-hybridized carbons (Fsp3) is 0.375. The molecule has 0 aliphatic rings. The summed E-state index contributed by atoms with van der Waals surface area (Å²) in [5.41, 5.74) is 2.67. The number of methoxy groups -OCH3 is 1. The van der Waals surface area contributed by atoms with Crippen molar-refractivity contribution in [1.29, 1.82) is 0 Å². The van der Waals surface area contributed by atoms with Crippen LogP contribution >= 0.6 is 0 Å². The molecule has 1 amide bonds. The van der Waals surface area contributed by atoms with Crippen LogP contribution in [0.15, 0.2) is 30.7 Å². The van der Waals surface area contributed by atoms with Crippen molar-refractivity contribution < 1.29 is 9.53 Å².